The van der Waals surface area contributed by atoms with Crippen LogP contribution in [0.2, 0.25) is 0 Å². The molecule has 15 heteroatoms. The molecule has 0 aliphatic heterocycles. The van der Waals surface area contributed by atoms with Gasteiger partial charge in [-0.15, -0.1) is 0 Å². The minimum absolute atomic E-state index is 0. The van der Waals surface area contributed by atoms with E-state index in [4.69, 9.17) is 0 Å². The van der Waals surface area contributed by atoms with E-state index in [9.17, 15) is 36.6 Å². The van der Waals surface area contributed by atoms with E-state index < -0.39 is 32.0 Å². The molecule has 0 unspecified atom stereocenters. The number of sulfonamides is 2. The predicted octanol–water partition coefficient (Wildman–Crippen LogP) is 5.40. The summed E-state index contributed by atoms with van der Waals surface area (Å²) < 4.78 is 54.3. The normalized spacial score (nSPS) is 11.3. The number of pyridine rings is 2. The molecular formula is C36H46N4O8S2Zn. The van der Waals surface area contributed by atoms with E-state index in [1.807, 2.05) is 0 Å². The first-order valence-electron chi connectivity index (χ1n) is 17.1. The van der Waals surface area contributed by atoms with Crippen LogP contribution in [-0.4, -0.2) is 50.2 Å². The fraction of sp³-hybridized carbons (Fsp3) is 0.444. The summed E-state index contributed by atoms with van der Waals surface area (Å²) in [4.78, 5) is 30.2. The molecule has 2 aromatic carbocycles. The van der Waals surface area contributed by atoms with Crippen LogP contribution >= 0.6 is 0 Å². The van der Waals surface area contributed by atoms with E-state index in [2.05, 4.69) is 33.3 Å². The van der Waals surface area contributed by atoms with Gasteiger partial charge in [-0.2, -0.15) is 0 Å². The number of carboxylic acids is 2. The van der Waals surface area contributed by atoms with Crippen LogP contribution in [0, 0.1) is 0 Å². The molecule has 0 fully saturated rings. The van der Waals surface area contributed by atoms with Gasteiger partial charge in [0.2, 0.25) is 20.0 Å². The fourth-order valence-electron chi connectivity index (χ4n) is 5.31. The molecule has 0 amide bonds. The predicted molar refractivity (Wildman–Crippen MR) is 194 cm³/mol. The van der Waals surface area contributed by atoms with E-state index in [0.717, 1.165) is 51.4 Å². The van der Waals surface area contributed by atoms with Gasteiger partial charge < -0.3 is 19.8 Å². The van der Waals surface area contributed by atoms with Gasteiger partial charge in [0.1, 0.15) is 0 Å². The van der Waals surface area contributed by atoms with Gasteiger partial charge in [-0.3, -0.25) is 9.44 Å². The molecule has 12 nitrogen and oxygen atoms in total. The number of hydrogen-bond donors (Lipinski definition) is 2. The summed E-state index contributed by atoms with van der Waals surface area (Å²) in [6, 6.07) is 16.0. The molecule has 0 saturated carbocycles. The van der Waals surface area contributed by atoms with Gasteiger partial charge in [-0.05, 0) is 37.1 Å². The zero-order valence-electron chi connectivity index (χ0n) is 29.4. The third-order valence-corrected chi connectivity index (χ3v) is 10.6. The second-order valence-electron chi connectivity index (χ2n) is 12.1. The smallest absolute Gasteiger partial charge is 0.543 e. The number of unbranched alkanes of at least 4 members (excludes halogenated alkanes) is 10. The quantitative estimate of drug-likeness (QED) is 0.0864. The summed E-state index contributed by atoms with van der Waals surface area (Å²) in [6.07, 6.45) is 11.8. The van der Waals surface area contributed by atoms with Crippen molar-refractivity contribution in [2.45, 2.75) is 90.9 Å². The number of carbonyl (C=O) groups excluding carboxylic acids is 2. The van der Waals surface area contributed by atoms with Crippen molar-refractivity contribution in [2.24, 2.45) is 0 Å². The average molecular weight is 792 g/mol. The number of aromatic nitrogens is 2. The Hall–Kier alpha value is -3.68. The van der Waals surface area contributed by atoms with Crippen LogP contribution in [0.3, 0.4) is 0 Å². The van der Waals surface area contributed by atoms with Crippen LogP contribution in [-0.2, 0) is 39.5 Å². The summed E-state index contributed by atoms with van der Waals surface area (Å²) in [5.41, 5.74) is 0.654. The molecule has 2 N–H and O–H groups in total. The van der Waals surface area contributed by atoms with Crippen molar-refractivity contribution in [1.82, 2.24) is 9.97 Å². The van der Waals surface area contributed by atoms with Gasteiger partial charge in [-0.1, -0.05) is 114 Å². The maximum atomic E-state index is 12.3. The number of aromatic carboxylic acids is 2. The third kappa shape index (κ3) is 14.8. The van der Waals surface area contributed by atoms with Crippen molar-refractivity contribution >= 4 is 65.2 Å². The van der Waals surface area contributed by atoms with E-state index in [1.165, 1.54) is 25.0 Å². The molecule has 0 spiro atoms. The van der Waals surface area contributed by atoms with E-state index in [-0.39, 0.29) is 53.7 Å². The first kappa shape index (κ1) is 43.5. The maximum Gasteiger partial charge on any atom is 2.00 e. The van der Waals surface area contributed by atoms with Crippen LogP contribution in [0.5, 0.6) is 0 Å². The third-order valence-electron chi connectivity index (χ3n) is 7.91. The molecule has 272 valence electrons. The average Bonchev–Trinajstić information content (AvgIpc) is 3.07. The van der Waals surface area contributed by atoms with Crippen molar-refractivity contribution in [3.63, 3.8) is 0 Å². The summed E-state index contributed by atoms with van der Waals surface area (Å²) in [6.45, 7) is 4.27. The summed E-state index contributed by atoms with van der Waals surface area (Å²) in [5.74, 6) is -2.86. The molecule has 2 aromatic heterocycles. The molecule has 51 heavy (non-hydrogen) atoms. The molecule has 4 rings (SSSR count). The zero-order chi connectivity index (χ0) is 36.6. The van der Waals surface area contributed by atoms with Crippen molar-refractivity contribution < 1.29 is 56.1 Å². The molecular weight excluding hydrogens is 746 g/mol. The van der Waals surface area contributed by atoms with Crippen molar-refractivity contribution in [1.29, 1.82) is 0 Å². The number of benzene rings is 2. The maximum absolute atomic E-state index is 12.3. The minimum Gasteiger partial charge on any atom is -0.543 e. The minimum atomic E-state index is -3.55. The number of carboxylic acid groups (broad SMARTS) is 2. The molecule has 4 aromatic rings. The number of nitrogens with zero attached hydrogens (tertiary/aromatic N) is 2. The topological polar surface area (TPSA) is 198 Å². The standard InChI is InChI=1S/2C18H24N2O4S.Zn/c2*1-2-3-4-5-6-9-12-25(23,24)20-16-13-17(18(21)22)19-15-11-8-7-10-14(15)16;/h2*7-8,10-11,13H,2-6,9,12H2,1H3,(H,19,20)(H,21,22);/q;;+2/p-2. The largest absolute Gasteiger partial charge is 2.00 e. The SMILES string of the molecule is CCCCCCCCS(=O)(=O)Nc1cc(C(=O)[O-])nc2ccccc12.CCCCCCCCS(=O)(=O)Nc1cc(C(=O)[O-])nc2ccccc12.[Zn+2]. The Morgan fingerprint density at radius 2 is 0.902 bits per heavy atom. The second kappa shape index (κ2) is 21.6. The Morgan fingerprint density at radius 3 is 1.25 bits per heavy atom. The van der Waals surface area contributed by atoms with Gasteiger partial charge in [0.25, 0.3) is 0 Å². The molecule has 0 radical (unpaired) electrons. The number of carbonyl (C=O) groups is 2. The molecule has 0 aliphatic carbocycles. The summed E-state index contributed by atoms with van der Waals surface area (Å²) >= 11 is 0. The van der Waals surface area contributed by atoms with E-state index in [0.29, 0.717) is 34.6 Å². The van der Waals surface area contributed by atoms with Crippen LogP contribution in [0.4, 0.5) is 11.4 Å². The second-order valence-corrected chi connectivity index (χ2v) is 15.8. The number of hydrogen-bond acceptors (Lipinski definition) is 10. The van der Waals surface area contributed by atoms with Gasteiger partial charge in [-0.25, -0.2) is 26.8 Å². The summed E-state index contributed by atoms with van der Waals surface area (Å²) in [7, 11) is -7.10. The van der Waals surface area contributed by atoms with Crippen molar-refractivity contribution in [2.75, 3.05) is 20.9 Å². The van der Waals surface area contributed by atoms with Crippen molar-refractivity contribution in [3.05, 3.63) is 72.1 Å². The summed E-state index contributed by atoms with van der Waals surface area (Å²) in [5, 5.41) is 23.3. The molecule has 0 saturated heterocycles. The van der Waals surface area contributed by atoms with Crippen LogP contribution in [0.1, 0.15) is 112 Å². The number of nitrogens with one attached hydrogen (secondary N) is 2. The van der Waals surface area contributed by atoms with Crippen LogP contribution < -0.4 is 19.7 Å². The Balaban J connectivity index is 0.000000347. The first-order valence-corrected chi connectivity index (χ1v) is 20.4. The van der Waals surface area contributed by atoms with Crippen LogP contribution in [0.15, 0.2) is 60.7 Å². The number of anilines is 2. The van der Waals surface area contributed by atoms with Gasteiger partial charge in [0.05, 0.1) is 57.2 Å². The van der Waals surface area contributed by atoms with E-state index in [1.54, 1.807) is 48.5 Å². The number of rotatable bonds is 20. The fourth-order valence-corrected chi connectivity index (χ4v) is 7.69. The zero-order valence-corrected chi connectivity index (χ0v) is 34.0. The van der Waals surface area contributed by atoms with Crippen LogP contribution in [0.25, 0.3) is 21.8 Å². The monoisotopic (exact) mass is 790 g/mol. The Morgan fingerprint density at radius 1 is 0.569 bits per heavy atom. The van der Waals surface area contributed by atoms with E-state index >= 15 is 0 Å². The molecule has 2 heterocycles. The Kier molecular flexibility index (Phi) is 18.4. The Labute approximate surface area is 313 Å². The van der Waals surface area contributed by atoms with Gasteiger partial charge >= 0.3 is 19.5 Å². The van der Waals surface area contributed by atoms with Gasteiger partial charge in [0, 0.05) is 10.8 Å². The number of fused-ring (bicyclic) bond motifs is 2. The Bertz CT molecular complexity index is 1820. The molecule has 0 atom stereocenters. The molecule has 0 aliphatic rings. The van der Waals surface area contributed by atoms with Crippen molar-refractivity contribution in [3.8, 4) is 0 Å². The number of para-hydroxylation sites is 2. The first-order chi connectivity index (χ1) is 23.9. The van der Waals surface area contributed by atoms with Gasteiger partial charge in [0.15, 0.2) is 0 Å². The molecule has 0 bridgehead atoms.